The zero-order chi connectivity index (χ0) is 14.4. The van der Waals surface area contributed by atoms with E-state index < -0.39 is 0 Å². The minimum Gasteiger partial charge on any atom is -0.387 e. The first-order valence-electron chi connectivity index (χ1n) is 8.26. The number of hydrogen-bond acceptors (Lipinski definition) is 2. The van der Waals surface area contributed by atoms with Crippen LogP contribution in [0.15, 0.2) is 30.3 Å². The Hall–Kier alpha value is -0.860. The number of aliphatic hydroxyl groups excluding tert-OH is 1. The average Bonchev–Trinajstić information content (AvgIpc) is 2.74. The Kier molecular flexibility index (Phi) is 6.06. The Morgan fingerprint density at radius 3 is 2.55 bits per heavy atom. The van der Waals surface area contributed by atoms with E-state index >= 15 is 0 Å². The van der Waals surface area contributed by atoms with Crippen LogP contribution < -0.4 is 0 Å². The lowest BCUT2D eigenvalue weighted by molar-refractivity contribution is 0.0204. The number of aliphatic hydroxyl groups is 1. The van der Waals surface area contributed by atoms with Crippen LogP contribution >= 0.6 is 0 Å². The molecule has 2 nitrogen and oxygen atoms in total. The Labute approximate surface area is 123 Å². The van der Waals surface area contributed by atoms with Crippen molar-refractivity contribution >= 4 is 0 Å². The van der Waals surface area contributed by atoms with Gasteiger partial charge in [-0.15, -0.1) is 0 Å². The van der Waals surface area contributed by atoms with Crippen LogP contribution in [0.4, 0.5) is 0 Å². The van der Waals surface area contributed by atoms with Gasteiger partial charge in [-0.05, 0) is 37.8 Å². The van der Waals surface area contributed by atoms with Gasteiger partial charge in [-0.3, -0.25) is 4.90 Å². The molecule has 3 unspecified atom stereocenters. The molecule has 2 rings (SSSR count). The van der Waals surface area contributed by atoms with E-state index in [-0.39, 0.29) is 12.1 Å². The van der Waals surface area contributed by atoms with Gasteiger partial charge in [0, 0.05) is 12.1 Å². The monoisotopic (exact) mass is 275 g/mol. The smallest absolute Gasteiger partial charge is 0.0945 e. The molecule has 0 aliphatic carbocycles. The number of likely N-dealkylation sites (tertiary alicyclic amines) is 1. The summed E-state index contributed by atoms with van der Waals surface area (Å²) in [6, 6.07) is 11.0. The third kappa shape index (κ3) is 3.62. The van der Waals surface area contributed by atoms with Crippen molar-refractivity contribution in [2.45, 2.75) is 70.6 Å². The van der Waals surface area contributed by atoms with Gasteiger partial charge in [0.05, 0.1) is 6.10 Å². The highest BCUT2D eigenvalue weighted by Crippen LogP contribution is 2.29. The molecule has 1 aliphatic heterocycles. The largest absolute Gasteiger partial charge is 0.387 e. The van der Waals surface area contributed by atoms with Crippen LogP contribution in [0.2, 0.25) is 0 Å². The molecule has 2 heteroatoms. The number of rotatable bonds is 5. The van der Waals surface area contributed by atoms with Crippen molar-refractivity contribution in [2.24, 2.45) is 0 Å². The van der Waals surface area contributed by atoms with Gasteiger partial charge in [-0.2, -0.15) is 0 Å². The summed E-state index contributed by atoms with van der Waals surface area (Å²) in [4.78, 5) is 2.59. The fourth-order valence-corrected chi connectivity index (χ4v) is 3.59. The molecule has 112 valence electrons. The molecule has 0 bridgehead atoms. The zero-order valence-electron chi connectivity index (χ0n) is 13.0. The third-order valence-corrected chi connectivity index (χ3v) is 4.74. The summed E-state index contributed by atoms with van der Waals surface area (Å²) < 4.78 is 0. The fraction of sp³-hybridized carbons (Fsp3) is 0.667. The molecule has 0 amide bonds. The molecule has 20 heavy (non-hydrogen) atoms. The number of hydrogen-bond donors (Lipinski definition) is 1. The molecule has 1 aromatic rings. The highest BCUT2D eigenvalue weighted by Gasteiger charge is 2.30. The quantitative estimate of drug-likeness (QED) is 0.872. The van der Waals surface area contributed by atoms with Crippen molar-refractivity contribution in [2.75, 3.05) is 6.54 Å². The van der Waals surface area contributed by atoms with E-state index in [2.05, 4.69) is 18.7 Å². The minimum atomic E-state index is -0.367. The lowest BCUT2D eigenvalue weighted by atomic mass is 9.96. The summed E-state index contributed by atoms with van der Waals surface area (Å²) in [6.45, 7) is 5.62. The third-order valence-electron chi connectivity index (χ3n) is 4.74. The van der Waals surface area contributed by atoms with Crippen LogP contribution in [0.3, 0.4) is 0 Å². The standard InChI is InChI=1S/C18H29NO/c1-3-16-13-9-6-10-14-19(16)17(4-2)18(20)15-11-7-5-8-12-15/h5,7-8,11-12,16-18,20H,3-4,6,9-10,13-14H2,1-2H3. The van der Waals surface area contributed by atoms with E-state index in [9.17, 15) is 5.11 Å². The average molecular weight is 275 g/mol. The maximum atomic E-state index is 10.8. The Bertz CT molecular complexity index is 378. The highest BCUT2D eigenvalue weighted by molar-refractivity contribution is 5.19. The summed E-state index contributed by atoms with van der Waals surface area (Å²) in [6.07, 6.45) is 7.07. The molecule has 1 heterocycles. The van der Waals surface area contributed by atoms with Crippen LogP contribution in [0.25, 0.3) is 0 Å². The summed E-state index contributed by atoms with van der Waals surface area (Å²) in [5, 5.41) is 10.8. The van der Waals surface area contributed by atoms with Crippen LogP contribution in [-0.2, 0) is 0 Å². The van der Waals surface area contributed by atoms with Gasteiger partial charge >= 0.3 is 0 Å². The first-order chi connectivity index (χ1) is 9.77. The summed E-state index contributed by atoms with van der Waals surface area (Å²) >= 11 is 0. The summed E-state index contributed by atoms with van der Waals surface area (Å²) in [5.74, 6) is 0. The summed E-state index contributed by atoms with van der Waals surface area (Å²) in [5.41, 5.74) is 1.05. The first-order valence-corrected chi connectivity index (χ1v) is 8.26. The molecule has 0 spiro atoms. The molecule has 1 N–H and O–H groups in total. The van der Waals surface area contributed by atoms with Crippen LogP contribution in [0.1, 0.15) is 64.0 Å². The topological polar surface area (TPSA) is 23.5 Å². The fourth-order valence-electron chi connectivity index (χ4n) is 3.59. The minimum absolute atomic E-state index is 0.250. The van der Waals surface area contributed by atoms with Crippen molar-refractivity contribution in [1.29, 1.82) is 0 Å². The van der Waals surface area contributed by atoms with Crippen molar-refractivity contribution < 1.29 is 5.11 Å². The maximum absolute atomic E-state index is 10.8. The van der Waals surface area contributed by atoms with E-state index in [0.29, 0.717) is 6.04 Å². The van der Waals surface area contributed by atoms with Gasteiger partial charge in [0.1, 0.15) is 0 Å². The molecule has 1 aromatic carbocycles. The van der Waals surface area contributed by atoms with E-state index in [1.165, 1.54) is 32.1 Å². The van der Waals surface area contributed by atoms with E-state index in [1.807, 2.05) is 30.3 Å². The van der Waals surface area contributed by atoms with Crippen molar-refractivity contribution in [3.63, 3.8) is 0 Å². The maximum Gasteiger partial charge on any atom is 0.0945 e. The Morgan fingerprint density at radius 2 is 1.90 bits per heavy atom. The molecular weight excluding hydrogens is 246 g/mol. The van der Waals surface area contributed by atoms with Gasteiger partial charge in [0.2, 0.25) is 0 Å². The molecular formula is C18H29NO. The molecule has 0 saturated carbocycles. The van der Waals surface area contributed by atoms with Crippen LogP contribution in [0, 0.1) is 0 Å². The second-order valence-electron chi connectivity index (χ2n) is 5.98. The second-order valence-corrected chi connectivity index (χ2v) is 5.98. The Balaban J connectivity index is 2.16. The lowest BCUT2D eigenvalue weighted by Crippen LogP contribution is -2.45. The number of benzene rings is 1. The molecule has 0 radical (unpaired) electrons. The molecule has 1 aliphatic rings. The second kappa shape index (κ2) is 7.80. The van der Waals surface area contributed by atoms with E-state index in [4.69, 9.17) is 0 Å². The molecule has 1 saturated heterocycles. The van der Waals surface area contributed by atoms with Crippen LogP contribution in [-0.4, -0.2) is 28.6 Å². The predicted molar refractivity (Wildman–Crippen MR) is 84.7 cm³/mol. The predicted octanol–water partition coefficient (Wildman–Crippen LogP) is 4.15. The van der Waals surface area contributed by atoms with E-state index in [0.717, 1.165) is 18.5 Å². The van der Waals surface area contributed by atoms with Crippen molar-refractivity contribution in [3.8, 4) is 0 Å². The van der Waals surface area contributed by atoms with Gasteiger partial charge in [-0.1, -0.05) is 57.0 Å². The zero-order valence-corrected chi connectivity index (χ0v) is 13.0. The van der Waals surface area contributed by atoms with E-state index in [1.54, 1.807) is 0 Å². The molecule has 0 aromatic heterocycles. The lowest BCUT2D eigenvalue weighted by Gasteiger charge is -2.39. The normalized spacial score (nSPS) is 24.1. The SMILES string of the molecule is CCC1CCCCCN1C(CC)C(O)c1ccccc1. The van der Waals surface area contributed by atoms with Gasteiger partial charge in [0.25, 0.3) is 0 Å². The van der Waals surface area contributed by atoms with Gasteiger partial charge in [-0.25, -0.2) is 0 Å². The Morgan fingerprint density at radius 1 is 1.15 bits per heavy atom. The van der Waals surface area contributed by atoms with Gasteiger partial charge < -0.3 is 5.11 Å². The van der Waals surface area contributed by atoms with Crippen LogP contribution in [0.5, 0.6) is 0 Å². The highest BCUT2D eigenvalue weighted by atomic mass is 16.3. The molecule has 1 fully saturated rings. The van der Waals surface area contributed by atoms with Gasteiger partial charge in [0.15, 0.2) is 0 Å². The first kappa shape index (κ1) is 15.5. The number of nitrogens with zero attached hydrogens (tertiary/aromatic N) is 1. The van der Waals surface area contributed by atoms with Crippen molar-refractivity contribution in [3.05, 3.63) is 35.9 Å². The van der Waals surface area contributed by atoms with Crippen molar-refractivity contribution in [1.82, 2.24) is 4.90 Å². The summed E-state index contributed by atoms with van der Waals surface area (Å²) in [7, 11) is 0. The molecule has 3 atom stereocenters.